The third-order valence-electron chi connectivity index (χ3n) is 4.47. The zero-order valence-electron chi connectivity index (χ0n) is 14.9. The van der Waals surface area contributed by atoms with Gasteiger partial charge < -0.3 is 9.26 Å². The average molecular weight is 374 g/mol. The highest BCUT2D eigenvalue weighted by molar-refractivity contribution is 7.74. The molecule has 0 heterocycles. The summed E-state index contributed by atoms with van der Waals surface area (Å²) >= 11 is 0. The summed E-state index contributed by atoms with van der Waals surface area (Å²) in [7, 11) is -1.69. The van der Waals surface area contributed by atoms with Crippen LogP contribution in [-0.4, -0.2) is 7.11 Å². The zero-order chi connectivity index (χ0) is 18.7. The van der Waals surface area contributed by atoms with Crippen molar-refractivity contribution in [2.75, 3.05) is 7.11 Å². The second kappa shape index (κ2) is 7.30. The summed E-state index contributed by atoms with van der Waals surface area (Å²) < 4.78 is 25.8. The minimum Gasteiger partial charge on any atom is -0.497 e. The molecule has 0 spiro atoms. The van der Waals surface area contributed by atoms with E-state index in [1.54, 1.807) is 7.11 Å². The first kappa shape index (κ1) is 17.4. The molecule has 27 heavy (non-hydrogen) atoms. The molecule has 4 aromatic rings. The number of fused-ring (bicyclic) bond motifs is 1. The van der Waals surface area contributed by atoms with Crippen LogP contribution in [0.15, 0.2) is 97.1 Å². The fourth-order valence-corrected chi connectivity index (χ4v) is 5.15. The largest absolute Gasteiger partial charge is 0.497 e. The minimum absolute atomic E-state index is 0.572. The van der Waals surface area contributed by atoms with Gasteiger partial charge in [-0.25, -0.2) is 0 Å². The van der Waals surface area contributed by atoms with E-state index in [0.29, 0.717) is 16.4 Å². The lowest BCUT2D eigenvalue weighted by Crippen LogP contribution is -2.20. The molecule has 0 N–H and O–H groups in total. The Bertz CT molecular complexity index is 1060. The fraction of sp³-hybridized carbons (Fsp3) is 0.0435. The Morgan fingerprint density at radius 1 is 0.704 bits per heavy atom. The van der Waals surface area contributed by atoms with Crippen LogP contribution in [0.3, 0.4) is 0 Å². The van der Waals surface area contributed by atoms with Crippen LogP contribution in [0.4, 0.5) is 0 Å². The molecule has 4 rings (SSSR count). The molecule has 0 aliphatic heterocycles. The van der Waals surface area contributed by atoms with Gasteiger partial charge in [0.05, 0.1) is 17.7 Å². The summed E-state index contributed by atoms with van der Waals surface area (Å²) in [4.78, 5) is 0. The lowest BCUT2D eigenvalue weighted by molar-refractivity contribution is 0.415. The Labute approximate surface area is 158 Å². The van der Waals surface area contributed by atoms with E-state index in [9.17, 15) is 4.57 Å². The molecule has 4 aromatic carbocycles. The third-order valence-corrected chi connectivity index (χ3v) is 6.88. The van der Waals surface area contributed by atoms with Gasteiger partial charge in [0.2, 0.25) is 0 Å². The summed E-state index contributed by atoms with van der Waals surface area (Å²) in [5.41, 5.74) is 0. The van der Waals surface area contributed by atoms with Crippen LogP contribution in [0.25, 0.3) is 10.8 Å². The van der Waals surface area contributed by atoms with Crippen LogP contribution in [0.2, 0.25) is 0 Å². The first-order valence-electron chi connectivity index (χ1n) is 8.68. The maximum atomic E-state index is 14.1. The standard InChI is InChI=1S/C23H19O3P/c1-25-19-16-15-18-9-8-14-23(22(18)17-19)26-27(24,20-10-4-2-5-11-20)21-12-6-3-7-13-21/h2-17H,1H3. The summed E-state index contributed by atoms with van der Waals surface area (Å²) in [6, 6.07) is 30.2. The van der Waals surface area contributed by atoms with Gasteiger partial charge in [-0.3, -0.25) is 4.57 Å². The number of rotatable bonds is 5. The Balaban J connectivity index is 1.89. The summed E-state index contributed by atoms with van der Waals surface area (Å²) in [6.07, 6.45) is 0. The Hall–Kier alpha value is -3.03. The average Bonchev–Trinajstić information content (AvgIpc) is 2.75. The van der Waals surface area contributed by atoms with Gasteiger partial charge in [-0.05, 0) is 47.9 Å². The van der Waals surface area contributed by atoms with E-state index in [1.807, 2.05) is 97.1 Å². The molecule has 0 saturated carbocycles. The molecule has 0 aromatic heterocycles. The van der Waals surface area contributed by atoms with Gasteiger partial charge in [-0.2, -0.15) is 0 Å². The molecular formula is C23H19O3P. The predicted octanol–water partition coefficient (Wildman–Crippen LogP) is 5.16. The number of ether oxygens (including phenoxy) is 1. The normalized spacial score (nSPS) is 11.3. The summed E-state index contributed by atoms with van der Waals surface area (Å²) in [5.74, 6) is 1.30. The quantitative estimate of drug-likeness (QED) is 0.453. The molecule has 0 aliphatic rings. The molecule has 0 radical (unpaired) electrons. The van der Waals surface area contributed by atoms with Crippen LogP contribution in [0.1, 0.15) is 0 Å². The molecule has 134 valence electrons. The van der Waals surface area contributed by atoms with Crippen molar-refractivity contribution in [3.8, 4) is 11.5 Å². The first-order chi connectivity index (χ1) is 13.2. The van der Waals surface area contributed by atoms with E-state index in [1.165, 1.54) is 0 Å². The Morgan fingerprint density at radius 3 is 1.93 bits per heavy atom. The lowest BCUT2D eigenvalue weighted by atomic mass is 10.1. The number of hydrogen-bond acceptors (Lipinski definition) is 3. The molecule has 3 nitrogen and oxygen atoms in total. The number of hydrogen-bond donors (Lipinski definition) is 0. The third kappa shape index (κ3) is 3.34. The van der Waals surface area contributed by atoms with Crippen molar-refractivity contribution in [1.29, 1.82) is 0 Å². The first-order valence-corrected chi connectivity index (χ1v) is 10.3. The van der Waals surface area contributed by atoms with Crippen molar-refractivity contribution in [3.05, 3.63) is 97.1 Å². The molecule has 0 fully saturated rings. The molecule has 0 amide bonds. The summed E-state index contributed by atoms with van der Waals surface area (Å²) in [6.45, 7) is 0. The molecule has 0 aliphatic carbocycles. The van der Waals surface area contributed by atoms with Gasteiger partial charge in [-0.1, -0.05) is 54.6 Å². The van der Waals surface area contributed by atoms with Gasteiger partial charge in [0.25, 0.3) is 0 Å². The minimum atomic E-state index is -3.31. The molecule has 0 saturated heterocycles. The molecule has 0 unspecified atom stereocenters. The zero-order valence-corrected chi connectivity index (χ0v) is 15.8. The highest BCUT2D eigenvalue weighted by Crippen LogP contribution is 2.47. The van der Waals surface area contributed by atoms with Gasteiger partial charge >= 0.3 is 7.37 Å². The predicted molar refractivity (Wildman–Crippen MR) is 111 cm³/mol. The smallest absolute Gasteiger partial charge is 0.306 e. The molecule has 0 bridgehead atoms. The van der Waals surface area contributed by atoms with Crippen LogP contribution < -0.4 is 19.9 Å². The van der Waals surface area contributed by atoms with Crippen molar-refractivity contribution in [1.82, 2.24) is 0 Å². The Morgan fingerprint density at radius 2 is 1.33 bits per heavy atom. The summed E-state index contributed by atoms with van der Waals surface area (Å²) in [5, 5.41) is 3.19. The van der Waals surface area contributed by atoms with E-state index in [2.05, 4.69) is 0 Å². The van der Waals surface area contributed by atoms with Crippen LogP contribution >= 0.6 is 7.37 Å². The van der Waals surface area contributed by atoms with Crippen molar-refractivity contribution in [2.45, 2.75) is 0 Å². The van der Waals surface area contributed by atoms with Crippen molar-refractivity contribution >= 4 is 28.8 Å². The van der Waals surface area contributed by atoms with Crippen LogP contribution in [-0.2, 0) is 4.57 Å². The molecule has 0 atom stereocenters. The highest BCUT2D eigenvalue weighted by atomic mass is 31.2. The maximum absolute atomic E-state index is 14.1. The van der Waals surface area contributed by atoms with E-state index in [4.69, 9.17) is 9.26 Å². The second-order valence-electron chi connectivity index (χ2n) is 6.16. The van der Waals surface area contributed by atoms with Gasteiger partial charge in [0.1, 0.15) is 11.5 Å². The van der Waals surface area contributed by atoms with Gasteiger partial charge in [0.15, 0.2) is 0 Å². The highest BCUT2D eigenvalue weighted by Gasteiger charge is 2.30. The maximum Gasteiger partial charge on any atom is 0.306 e. The fourth-order valence-electron chi connectivity index (χ4n) is 3.07. The van der Waals surface area contributed by atoms with Gasteiger partial charge in [0, 0.05) is 5.39 Å². The van der Waals surface area contributed by atoms with E-state index >= 15 is 0 Å². The van der Waals surface area contributed by atoms with Crippen molar-refractivity contribution < 1.29 is 13.8 Å². The van der Waals surface area contributed by atoms with E-state index < -0.39 is 7.37 Å². The molecular weight excluding hydrogens is 355 g/mol. The number of benzene rings is 4. The van der Waals surface area contributed by atoms with E-state index in [-0.39, 0.29) is 0 Å². The van der Waals surface area contributed by atoms with Gasteiger partial charge in [-0.15, -0.1) is 0 Å². The van der Waals surface area contributed by atoms with Crippen molar-refractivity contribution in [3.63, 3.8) is 0 Å². The lowest BCUT2D eigenvalue weighted by Gasteiger charge is -2.21. The van der Waals surface area contributed by atoms with Crippen molar-refractivity contribution in [2.24, 2.45) is 0 Å². The SMILES string of the molecule is COc1ccc2cccc(OP(=O)(c3ccccc3)c3ccccc3)c2c1. The van der Waals surface area contributed by atoms with Crippen LogP contribution in [0.5, 0.6) is 11.5 Å². The number of methoxy groups -OCH3 is 1. The monoisotopic (exact) mass is 374 g/mol. The molecule has 4 heteroatoms. The van der Waals surface area contributed by atoms with E-state index in [0.717, 1.165) is 16.5 Å². The second-order valence-corrected chi connectivity index (χ2v) is 8.48. The Kier molecular flexibility index (Phi) is 4.70. The topological polar surface area (TPSA) is 35.5 Å². The van der Waals surface area contributed by atoms with Crippen LogP contribution in [0, 0.1) is 0 Å².